The molecular formula is C17H19BrN2OS. The third-order valence-electron chi connectivity index (χ3n) is 5.53. The molecule has 1 aliphatic heterocycles. The van der Waals surface area contributed by atoms with E-state index < -0.39 is 0 Å². The van der Waals surface area contributed by atoms with Gasteiger partial charge in [-0.1, -0.05) is 36.5 Å². The number of rotatable bonds is 1. The van der Waals surface area contributed by atoms with Crippen molar-refractivity contribution < 1.29 is 4.74 Å². The molecule has 0 saturated heterocycles. The minimum absolute atomic E-state index is 0.318. The molecule has 0 bridgehead atoms. The fraction of sp³-hybridized carbons (Fsp3) is 0.529. The van der Waals surface area contributed by atoms with E-state index >= 15 is 0 Å². The molecular weight excluding hydrogens is 360 g/mol. The molecule has 0 amide bonds. The van der Waals surface area contributed by atoms with E-state index in [1.807, 2.05) is 18.0 Å². The Balaban J connectivity index is 1.90. The quantitative estimate of drug-likeness (QED) is 0.541. The zero-order valence-electron chi connectivity index (χ0n) is 12.8. The van der Waals surface area contributed by atoms with Gasteiger partial charge in [0, 0.05) is 18.6 Å². The van der Waals surface area contributed by atoms with Crippen LogP contribution in [0.25, 0.3) is 0 Å². The highest BCUT2D eigenvalue weighted by atomic mass is 79.9. The zero-order chi connectivity index (χ0) is 15.5. The lowest BCUT2D eigenvalue weighted by molar-refractivity contribution is 0.0174. The molecule has 1 heterocycles. The fourth-order valence-corrected chi connectivity index (χ4v) is 5.53. The molecule has 22 heavy (non-hydrogen) atoms. The topological polar surface area (TPSA) is 24.8 Å². The van der Waals surface area contributed by atoms with E-state index in [9.17, 15) is 0 Å². The standard InChI is InChI=1S/C17H19BrN2OS/c1-10-16(22)20(18)17(19-10)14-6-4-3-5-12(14)13-8-7-11(21-2)9-15(13)17/h3-6,11,13,15H,7-9H2,1-2H3. The minimum Gasteiger partial charge on any atom is -0.381 e. The summed E-state index contributed by atoms with van der Waals surface area (Å²) in [6.07, 6.45) is 3.62. The summed E-state index contributed by atoms with van der Waals surface area (Å²) in [4.78, 5) is 5.88. The average Bonchev–Trinajstić information content (AvgIpc) is 2.96. The molecule has 1 saturated carbocycles. The molecule has 0 N–H and O–H groups in total. The Morgan fingerprint density at radius 3 is 2.82 bits per heavy atom. The minimum atomic E-state index is -0.389. The zero-order valence-corrected chi connectivity index (χ0v) is 15.2. The number of methoxy groups -OCH3 is 1. The number of nitrogens with zero attached hydrogens (tertiary/aromatic N) is 2. The molecule has 3 nitrogen and oxygen atoms in total. The predicted molar refractivity (Wildman–Crippen MR) is 95.5 cm³/mol. The van der Waals surface area contributed by atoms with Gasteiger partial charge in [0.05, 0.1) is 28.0 Å². The third kappa shape index (κ3) is 1.76. The van der Waals surface area contributed by atoms with Crippen molar-refractivity contribution in [3.8, 4) is 0 Å². The van der Waals surface area contributed by atoms with Crippen molar-refractivity contribution in [2.24, 2.45) is 10.9 Å². The van der Waals surface area contributed by atoms with Crippen LogP contribution in [0.1, 0.15) is 43.2 Å². The van der Waals surface area contributed by atoms with E-state index in [2.05, 4.69) is 40.4 Å². The van der Waals surface area contributed by atoms with Crippen LogP contribution in [-0.2, 0) is 10.4 Å². The van der Waals surface area contributed by atoms with Crippen molar-refractivity contribution in [3.05, 3.63) is 35.4 Å². The molecule has 4 atom stereocenters. The first kappa shape index (κ1) is 14.8. The third-order valence-corrected chi connectivity index (χ3v) is 7.14. The van der Waals surface area contributed by atoms with Crippen LogP contribution in [-0.4, -0.2) is 27.8 Å². The Labute approximate surface area is 145 Å². The van der Waals surface area contributed by atoms with Crippen LogP contribution < -0.4 is 0 Å². The SMILES string of the molecule is COC1CCC2c3ccccc3C3(N=C(C)C(=S)N3Br)C2C1. The highest BCUT2D eigenvalue weighted by Crippen LogP contribution is 2.61. The summed E-state index contributed by atoms with van der Waals surface area (Å²) in [7, 11) is 1.82. The van der Waals surface area contributed by atoms with Crippen LogP contribution in [0.4, 0.5) is 0 Å². The lowest BCUT2D eigenvalue weighted by Crippen LogP contribution is -2.44. The molecule has 0 radical (unpaired) electrons. The van der Waals surface area contributed by atoms with Crippen LogP contribution in [0.2, 0.25) is 0 Å². The normalized spacial score (nSPS) is 36.5. The van der Waals surface area contributed by atoms with Crippen LogP contribution in [0.5, 0.6) is 0 Å². The van der Waals surface area contributed by atoms with Crippen molar-refractivity contribution in [2.45, 2.75) is 43.9 Å². The predicted octanol–water partition coefficient (Wildman–Crippen LogP) is 4.17. The Kier molecular flexibility index (Phi) is 3.44. The first-order valence-electron chi connectivity index (χ1n) is 7.78. The van der Waals surface area contributed by atoms with E-state index in [1.54, 1.807) is 0 Å². The molecule has 4 unspecified atom stereocenters. The monoisotopic (exact) mass is 378 g/mol. The molecule has 1 aromatic rings. The van der Waals surface area contributed by atoms with Gasteiger partial charge in [-0.05, 0) is 37.7 Å². The number of hydrogen-bond donors (Lipinski definition) is 0. The summed E-state index contributed by atoms with van der Waals surface area (Å²) < 4.78 is 7.72. The number of fused-ring (bicyclic) bond motifs is 5. The van der Waals surface area contributed by atoms with Gasteiger partial charge in [0.25, 0.3) is 0 Å². The van der Waals surface area contributed by atoms with Gasteiger partial charge in [-0.3, -0.25) is 8.92 Å². The summed E-state index contributed by atoms with van der Waals surface area (Å²) >= 11 is 9.31. The maximum atomic E-state index is 5.67. The van der Waals surface area contributed by atoms with E-state index in [0.29, 0.717) is 17.9 Å². The molecule has 0 aromatic heterocycles. The smallest absolute Gasteiger partial charge is 0.172 e. The fourth-order valence-electron chi connectivity index (χ4n) is 4.56. The summed E-state index contributed by atoms with van der Waals surface area (Å²) in [5.41, 5.74) is 3.30. The first-order valence-corrected chi connectivity index (χ1v) is 8.90. The van der Waals surface area contributed by atoms with E-state index in [1.165, 1.54) is 11.1 Å². The Hall–Kier alpha value is -0.780. The number of hydrogen-bond acceptors (Lipinski definition) is 3. The molecule has 1 aromatic carbocycles. The van der Waals surface area contributed by atoms with E-state index in [-0.39, 0.29) is 5.66 Å². The van der Waals surface area contributed by atoms with Crippen molar-refractivity contribution in [3.63, 3.8) is 0 Å². The van der Waals surface area contributed by atoms with E-state index in [4.69, 9.17) is 21.9 Å². The number of thiocarbonyl (C=S) groups is 1. The second-order valence-corrected chi connectivity index (χ2v) is 7.58. The van der Waals surface area contributed by atoms with Gasteiger partial charge in [0.1, 0.15) is 4.99 Å². The summed E-state index contributed by atoms with van der Waals surface area (Å²) in [6.45, 7) is 2.01. The van der Waals surface area contributed by atoms with Gasteiger partial charge in [0.2, 0.25) is 0 Å². The largest absolute Gasteiger partial charge is 0.381 e. The number of halogens is 1. The van der Waals surface area contributed by atoms with E-state index in [0.717, 1.165) is 30.0 Å². The second-order valence-electron chi connectivity index (χ2n) is 6.48. The van der Waals surface area contributed by atoms with Crippen molar-refractivity contribution in [1.82, 2.24) is 3.93 Å². The van der Waals surface area contributed by atoms with Crippen molar-refractivity contribution >= 4 is 39.1 Å². The lowest BCUT2D eigenvalue weighted by Gasteiger charge is -2.41. The van der Waals surface area contributed by atoms with Gasteiger partial charge >= 0.3 is 0 Å². The number of aliphatic imine (C=N–C) groups is 1. The highest BCUT2D eigenvalue weighted by molar-refractivity contribution is 9.07. The lowest BCUT2D eigenvalue weighted by atomic mass is 9.75. The van der Waals surface area contributed by atoms with Crippen LogP contribution in [0.3, 0.4) is 0 Å². The van der Waals surface area contributed by atoms with Crippen LogP contribution >= 0.6 is 28.4 Å². The summed E-state index contributed by atoms with van der Waals surface area (Å²) in [6, 6.07) is 8.73. The molecule has 1 spiro atoms. The Morgan fingerprint density at radius 2 is 2.14 bits per heavy atom. The molecule has 2 aliphatic carbocycles. The van der Waals surface area contributed by atoms with Crippen molar-refractivity contribution in [2.75, 3.05) is 7.11 Å². The second kappa shape index (κ2) is 5.11. The molecule has 5 heteroatoms. The Morgan fingerprint density at radius 1 is 1.36 bits per heavy atom. The van der Waals surface area contributed by atoms with Gasteiger partial charge in [-0.2, -0.15) is 0 Å². The average molecular weight is 379 g/mol. The summed E-state index contributed by atoms with van der Waals surface area (Å²) in [5.74, 6) is 0.943. The maximum absolute atomic E-state index is 5.67. The molecule has 4 rings (SSSR count). The Bertz CT molecular complexity index is 676. The molecule has 1 fully saturated rings. The number of ether oxygens (including phenoxy) is 1. The number of benzene rings is 1. The van der Waals surface area contributed by atoms with Gasteiger partial charge in [-0.25, -0.2) is 0 Å². The molecule has 3 aliphatic rings. The molecule has 116 valence electrons. The highest BCUT2D eigenvalue weighted by Gasteiger charge is 2.60. The van der Waals surface area contributed by atoms with Crippen molar-refractivity contribution in [1.29, 1.82) is 0 Å². The van der Waals surface area contributed by atoms with Crippen LogP contribution in [0.15, 0.2) is 29.3 Å². The maximum Gasteiger partial charge on any atom is 0.172 e. The van der Waals surface area contributed by atoms with Gasteiger partial charge in [0.15, 0.2) is 5.66 Å². The van der Waals surface area contributed by atoms with Gasteiger partial charge in [-0.15, -0.1) is 0 Å². The van der Waals surface area contributed by atoms with Crippen LogP contribution in [0, 0.1) is 5.92 Å². The first-order chi connectivity index (χ1) is 10.6. The van der Waals surface area contributed by atoms with Gasteiger partial charge < -0.3 is 4.74 Å². The summed E-state index contributed by atoms with van der Waals surface area (Å²) in [5, 5.41) is 0.